The van der Waals surface area contributed by atoms with E-state index in [4.69, 9.17) is 0 Å². The molecule has 0 radical (unpaired) electrons. The van der Waals surface area contributed by atoms with Crippen LogP contribution in [0.15, 0.2) is 12.2 Å². The fourth-order valence-corrected chi connectivity index (χ4v) is 5.32. The number of nitrogens with zero attached hydrogens (tertiary/aromatic N) is 3. The number of imide groups is 1. The number of hydrogen-bond acceptors (Lipinski definition) is 6. The Kier molecular flexibility index (Phi) is 4.71. The van der Waals surface area contributed by atoms with Crippen LogP contribution in [0.4, 0.5) is 9.93 Å². The second kappa shape index (κ2) is 7.03. The Morgan fingerprint density at radius 2 is 1.85 bits per heavy atom. The van der Waals surface area contributed by atoms with Crippen LogP contribution in [0, 0.1) is 23.7 Å². The maximum absolute atomic E-state index is 12.9. The third kappa shape index (κ3) is 3.13. The van der Waals surface area contributed by atoms with Gasteiger partial charge in [0, 0.05) is 6.42 Å². The van der Waals surface area contributed by atoms with Gasteiger partial charge in [0.25, 0.3) is 0 Å². The molecule has 1 aromatic rings. The minimum atomic E-state index is -0.710. The van der Waals surface area contributed by atoms with Crippen molar-refractivity contribution in [1.82, 2.24) is 20.4 Å². The number of anilines is 1. The summed E-state index contributed by atoms with van der Waals surface area (Å²) >= 11 is 1.32. The molecule has 2 bridgehead atoms. The standard InChI is InChI=1S/C18H23N5O3S/c1-3-4-12-21-22-18(27-12)20-17(26)19-9(2)23-15(24)13-10-5-6-11(8-7-10)14(13)16(23)25/h5-6,9-11,13-14H,3-4,7-8H2,1-2H3,(H2,19,20,22,26)/t9-,10-,11-,13-,14+/m0/s1. The molecular weight excluding hydrogens is 366 g/mol. The van der Waals surface area contributed by atoms with E-state index in [2.05, 4.69) is 33.0 Å². The number of aromatic nitrogens is 2. The van der Waals surface area contributed by atoms with Crippen molar-refractivity contribution < 1.29 is 14.4 Å². The molecule has 9 heteroatoms. The van der Waals surface area contributed by atoms with Gasteiger partial charge in [0.05, 0.1) is 11.8 Å². The number of hydrogen-bond donors (Lipinski definition) is 2. The Bertz CT molecular complexity index is 775. The predicted molar refractivity (Wildman–Crippen MR) is 99.7 cm³/mol. The Hall–Kier alpha value is -2.29. The molecule has 27 heavy (non-hydrogen) atoms. The molecular formula is C18H23N5O3S. The fourth-order valence-electron chi connectivity index (χ4n) is 4.49. The molecule has 0 spiro atoms. The van der Waals surface area contributed by atoms with Crippen LogP contribution in [0.2, 0.25) is 0 Å². The van der Waals surface area contributed by atoms with E-state index >= 15 is 0 Å². The minimum absolute atomic E-state index is 0.140. The van der Waals surface area contributed by atoms with Gasteiger partial charge in [-0.05, 0) is 38.0 Å². The number of allylic oxidation sites excluding steroid dienone is 2. The number of carbonyl (C=O) groups excluding carboxylic acids is 3. The Morgan fingerprint density at radius 1 is 1.22 bits per heavy atom. The second-order valence-corrected chi connectivity index (χ2v) is 8.48. The number of nitrogens with one attached hydrogen (secondary N) is 2. The first-order valence-electron chi connectivity index (χ1n) is 9.44. The number of carbonyl (C=O) groups is 3. The van der Waals surface area contributed by atoms with Crippen LogP contribution in [0.5, 0.6) is 0 Å². The lowest BCUT2D eigenvalue weighted by atomic mass is 9.63. The molecule has 4 aliphatic rings. The first-order chi connectivity index (χ1) is 13.0. The van der Waals surface area contributed by atoms with Gasteiger partial charge in [0.2, 0.25) is 16.9 Å². The molecule has 1 aromatic heterocycles. The topological polar surface area (TPSA) is 104 Å². The highest BCUT2D eigenvalue weighted by Gasteiger charge is 2.57. The smallest absolute Gasteiger partial charge is 0.317 e. The lowest BCUT2D eigenvalue weighted by Crippen LogP contribution is -2.50. The van der Waals surface area contributed by atoms with Crippen molar-refractivity contribution in [3.8, 4) is 0 Å². The average Bonchev–Trinajstić information content (AvgIpc) is 3.19. The van der Waals surface area contributed by atoms with E-state index in [-0.39, 0.29) is 35.5 Å². The number of fused-ring (bicyclic) bond motifs is 1. The van der Waals surface area contributed by atoms with Gasteiger partial charge in [-0.2, -0.15) is 0 Å². The molecule has 1 aliphatic heterocycles. The molecule has 144 valence electrons. The van der Waals surface area contributed by atoms with Crippen molar-refractivity contribution in [2.75, 3.05) is 5.32 Å². The third-order valence-electron chi connectivity index (χ3n) is 5.67. The summed E-state index contributed by atoms with van der Waals surface area (Å²) in [6.07, 6.45) is 7.13. The first kappa shape index (κ1) is 18.1. The summed E-state index contributed by atoms with van der Waals surface area (Å²) in [5.74, 6) is -0.598. The molecule has 4 amide bonds. The van der Waals surface area contributed by atoms with Crippen LogP contribution in [-0.4, -0.2) is 39.1 Å². The summed E-state index contributed by atoms with van der Waals surface area (Å²) in [6.45, 7) is 3.71. The number of urea groups is 1. The van der Waals surface area contributed by atoms with Crippen LogP contribution in [0.3, 0.4) is 0 Å². The van der Waals surface area contributed by atoms with Gasteiger partial charge >= 0.3 is 6.03 Å². The van der Waals surface area contributed by atoms with E-state index in [1.807, 2.05) is 6.92 Å². The second-order valence-electron chi connectivity index (χ2n) is 7.41. The number of likely N-dealkylation sites (tertiary alicyclic amines) is 1. The van der Waals surface area contributed by atoms with E-state index in [1.54, 1.807) is 6.92 Å². The summed E-state index contributed by atoms with van der Waals surface area (Å²) in [6, 6.07) is -0.502. The molecule has 1 saturated heterocycles. The monoisotopic (exact) mass is 389 g/mol. The van der Waals surface area contributed by atoms with E-state index in [0.717, 1.165) is 30.7 Å². The lowest BCUT2D eigenvalue weighted by Gasteiger charge is -2.38. The third-order valence-corrected chi connectivity index (χ3v) is 6.57. The van der Waals surface area contributed by atoms with Crippen LogP contribution in [-0.2, 0) is 16.0 Å². The lowest BCUT2D eigenvalue weighted by molar-refractivity contribution is -0.142. The normalized spacial score (nSPS) is 29.8. The summed E-state index contributed by atoms with van der Waals surface area (Å²) in [4.78, 5) is 39.3. The number of rotatable bonds is 5. The van der Waals surface area contributed by atoms with E-state index in [9.17, 15) is 14.4 Å². The van der Waals surface area contributed by atoms with Crippen molar-refractivity contribution in [2.24, 2.45) is 23.7 Å². The molecule has 2 fully saturated rings. The van der Waals surface area contributed by atoms with Gasteiger partial charge in [0.15, 0.2) is 0 Å². The zero-order chi connectivity index (χ0) is 19.1. The number of aryl methyl sites for hydroxylation is 1. The van der Waals surface area contributed by atoms with Gasteiger partial charge in [0.1, 0.15) is 11.2 Å². The summed E-state index contributed by atoms with van der Waals surface area (Å²) in [7, 11) is 0. The van der Waals surface area contributed by atoms with Crippen LogP contribution in [0.25, 0.3) is 0 Å². The highest BCUT2D eigenvalue weighted by molar-refractivity contribution is 7.15. The fraction of sp³-hybridized carbons (Fsp3) is 0.611. The van der Waals surface area contributed by atoms with Gasteiger partial charge in [-0.15, -0.1) is 10.2 Å². The molecule has 1 saturated carbocycles. The molecule has 2 heterocycles. The van der Waals surface area contributed by atoms with Crippen molar-refractivity contribution in [3.05, 3.63) is 17.2 Å². The Balaban J connectivity index is 1.40. The van der Waals surface area contributed by atoms with Gasteiger partial charge in [-0.25, -0.2) is 4.79 Å². The van der Waals surface area contributed by atoms with Crippen LogP contribution < -0.4 is 10.6 Å². The highest BCUT2D eigenvalue weighted by Crippen LogP contribution is 2.49. The predicted octanol–water partition coefficient (Wildman–Crippen LogP) is 2.16. The Morgan fingerprint density at radius 3 is 2.41 bits per heavy atom. The van der Waals surface area contributed by atoms with Crippen LogP contribution >= 0.6 is 11.3 Å². The SMILES string of the molecule is CCCc1nnc(NC(=O)N[C@H](C)N2C(=O)[C@@H]3[C@H](C2=O)[C@H]2C=C[C@H]3CC2)s1. The number of amides is 4. The quantitative estimate of drug-likeness (QED) is 0.593. The highest BCUT2D eigenvalue weighted by atomic mass is 32.1. The maximum Gasteiger partial charge on any atom is 0.322 e. The molecule has 5 atom stereocenters. The van der Waals surface area contributed by atoms with Crippen LogP contribution in [0.1, 0.15) is 38.1 Å². The largest absolute Gasteiger partial charge is 0.322 e. The van der Waals surface area contributed by atoms with Gasteiger partial charge in [-0.3, -0.25) is 19.8 Å². The van der Waals surface area contributed by atoms with Crippen molar-refractivity contribution in [1.29, 1.82) is 0 Å². The maximum atomic E-state index is 12.9. The minimum Gasteiger partial charge on any atom is -0.317 e. The zero-order valence-electron chi connectivity index (χ0n) is 15.3. The molecule has 2 N–H and O–H groups in total. The summed E-state index contributed by atoms with van der Waals surface area (Å²) in [5, 5.41) is 14.5. The van der Waals surface area contributed by atoms with E-state index < -0.39 is 12.2 Å². The Labute approximate surface area is 161 Å². The van der Waals surface area contributed by atoms with Gasteiger partial charge in [-0.1, -0.05) is 30.4 Å². The van der Waals surface area contributed by atoms with Gasteiger partial charge < -0.3 is 5.32 Å². The molecule has 3 aliphatic carbocycles. The zero-order valence-corrected chi connectivity index (χ0v) is 16.2. The van der Waals surface area contributed by atoms with Crippen molar-refractivity contribution in [2.45, 2.75) is 45.7 Å². The average molecular weight is 389 g/mol. The first-order valence-corrected chi connectivity index (χ1v) is 10.3. The van der Waals surface area contributed by atoms with E-state index in [0.29, 0.717) is 5.13 Å². The summed E-state index contributed by atoms with van der Waals surface area (Å²) < 4.78 is 0. The molecule has 5 rings (SSSR count). The van der Waals surface area contributed by atoms with Crippen molar-refractivity contribution >= 4 is 34.3 Å². The molecule has 8 nitrogen and oxygen atoms in total. The summed E-state index contributed by atoms with van der Waals surface area (Å²) in [5.41, 5.74) is 0. The molecule has 0 aromatic carbocycles. The molecule has 0 unspecified atom stereocenters. The van der Waals surface area contributed by atoms with Crippen molar-refractivity contribution in [3.63, 3.8) is 0 Å². The van der Waals surface area contributed by atoms with E-state index in [1.165, 1.54) is 16.2 Å².